The number of nitrogens with one attached hydrogen (secondary N) is 1. The second kappa shape index (κ2) is 8.77. The van der Waals surface area contributed by atoms with Crippen molar-refractivity contribution in [3.05, 3.63) is 35.6 Å². The minimum Gasteiger partial charge on any atom is -0.353 e. The van der Waals surface area contributed by atoms with Crippen molar-refractivity contribution in [3.63, 3.8) is 0 Å². The van der Waals surface area contributed by atoms with Crippen LogP contribution in [0.1, 0.15) is 44.6 Å². The third-order valence-corrected chi connectivity index (χ3v) is 5.58. The molecule has 2 heterocycles. The maximum atomic E-state index is 13.9. The van der Waals surface area contributed by atoms with Crippen molar-refractivity contribution < 1.29 is 9.18 Å². The minimum atomic E-state index is -0.188. The molecule has 0 saturated carbocycles. The van der Waals surface area contributed by atoms with E-state index >= 15 is 0 Å². The number of piperidine rings is 1. The van der Waals surface area contributed by atoms with Gasteiger partial charge < -0.3 is 5.32 Å². The van der Waals surface area contributed by atoms with Gasteiger partial charge in [-0.3, -0.25) is 14.6 Å². The summed E-state index contributed by atoms with van der Waals surface area (Å²) in [7, 11) is 0. The molecule has 1 N–H and O–H groups in total. The second-order valence-electron chi connectivity index (χ2n) is 7.41. The number of carbonyl (C=O) groups excluding carboxylic acids is 1. The SMILES string of the molecule is CC(CNC(=O)C1CCCN1Cc1ccccc1F)N1CCCCC1. The van der Waals surface area contributed by atoms with Crippen molar-refractivity contribution >= 4 is 5.91 Å². The third-order valence-electron chi connectivity index (χ3n) is 5.58. The monoisotopic (exact) mass is 347 g/mol. The van der Waals surface area contributed by atoms with Crippen LogP contribution in [0.25, 0.3) is 0 Å². The molecule has 1 amide bonds. The first-order chi connectivity index (χ1) is 12.1. The van der Waals surface area contributed by atoms with Crippen LogP contribution in [0.3, 0.4) is 0 Å². The average Bonchev–Trinajstić information content (AvgIpc) is 3.10. The molecule has 1 aromatic rings. The Bertz CT molecular complexity index is 574. The van der Waals surface area contributed by atoms with E-state index in [1.807, 2.05) is 6.07 Å². The molecule has 2 unspecified atom stereocenters. The molecule has 2 fully saturated rings. The first kappa shape index (κ1) is 18.3. The molecule has 3 rings (SSSR count). The summed E-state index contributed by atoms with van der Waals surface area (Å²) >= 11 is 0. The molecule has 5 heteroatoms. The van der Waals surface area contributed by atoms with Gasteiger partial charge in [-0.25, -0.2) is 4.39 Å². The quantitative estimate of drug-likeness (QED) is 0.859. The van der Waals surface area contributed by atoms with Crippen molar-refractivity contribution in [2.24, 2.45) is 0 Å². The molecule has 25 heavy (non-hydrogen) atoms. The van der Waals surface area contributed by atoms with Gasteiger partial charge in [0, 0.05) is 24.7 Å². The Hall–Kier alpha value is -1.46. The Morgan fingerprint density at radius 2 is 1.96 bits per heavy atom. The fourth-order valence-corrected chi connectivity index (χ4v) is 4.01. The number of hydrogen-bond acceptors (Lipinski definition) is 3. The van der Waals surface area contributed by atoms with E-state index in [9.17, 15) is 9.18 Å². The van der Waals surface area contributed by atoms with Crippen molar-refractivity contribution in [3.8, 4) is 0 Å². The zero-order chi connectivity index (χ0) is 17.6. The summed E-state index contributed by atoms with van der Waals surface area (Å²) in [6.45, 7) is 6.53. The van der Waals surface area contributed by atoms with Crippen LogP contribution in [-0.2, 0) is 11.3 Å². The van der Waals surface area contributed by atoms with Gasteiger partial charge in [0.05, 0.1) is 6.04 Å². The number of nitrogens with zero attached hydrogens (tertiary/aromatic N) is 2. The van der Waals surface area contributed by atoms with E-state index in [0.717, 1.165) is 32.5 Å². The van der Waals surface area contributed by atoms with E-state index in [1.165, 1.54) is 25.3 Å². The second-order valence-corrected chi connectivity index (χ2v) is 7.41. The largest absolute Gasteiger partial charge is 0.353 e. The minimum absolute atomic E-state index is 0.0951. The summed E-state index contributed by atoms with van der Waals surface area (Å²) in [5.74, 6) is -0.0926. The molecule has 1 aromatic carbocycles. The van der Waals surface area contributed by atoms with Crippen molar-refractivity contribution in [1.82, 2.24) is 15.1 Å². The summed E-state index contributed by atoms with van der Waals surface area (Å²) < 4.78 is 13.9. The zero-order valence-corrected chi connectivity index (χ0v) is 15.2. The summed E-state index contributed by atoms with van der Waals surface area (Å²) in [4.78, 5) is 17.2. The summed E-state index contributed by atoms with van der Waals surface area (Å²) in [6, 6.07) is 7.10. The van der Waals surface area contributed by atoms with Crippen LogP contribution in [-0.4, -0.2) is 54.0 Å². The predicted molar refractivity (Wildman–Crippen MR) is 97.7 cm³/mol. The number of halogens is 1. The van der Waals surface area contributed by atoms with Crippen LogP contribution in [0.15, 0.2) is 24.3 Å². The van der Waals surface area contributed by atoms with Crippen LogP contribution < -0.4 is 5.32 Å². The molecular formula is C20H30FN3O. The molecule has 138 valence electrons. The first-order valence-electron chi connectivity index (χ1n) is 9.64. The summed E-state index contributed by atoms with van der Waals surface area (Å²) in [5.41, 5.74) is 0.670. The highest BCUT2D eigenvalue weighted by atomic mass is 19.1. The number of likely N-dealkylation sites (tertiary alicyclic amines) is 2. The van der Waals surface area contributed by atoms with Gasteiger partial charge in [-0.05, 0) is 58.3 Å². The Balaban J connectivity index is 1.51. The smallest absolute Gasteiger partial charge is 0.237 e. The average molecular weight is 347 g/mol. The van der Waals surface area contributed by atoms with Gasteiger partial charge in [0.1, 0.15) is 5.82 Å². The van der Waals surface area contributed by atoms with Gasteiger partial charge in [-0.15, -0.1) is 0 Å². The fourth-order valence-electron chi connectivity index (χ4n) is 4.01. The van der Waals surface area contributed by atoms with Gasteiger partial charge in [0.2, 0.25) is 5.91 Å². The van der Waals surface area contributed by atoms with Crippen molar-refractivity contribution in [1.29, 1.82) is 0 Å². The maximum absolute atomic E-state index is 13.9. The van der Waals surface area contributed by atoms with Crippen molar-refractivity contribution in [2.45, 2.75) is 57.7 Å². The maximum Gasteiger partial charge on any atom is 0.237 e. The Morgan fingerprint density at radius 1 is 1.20 bits per heavy atom. The van der Waals surface area contributed by atoms with Gasteiger partial charge >= 0.3 is 0 Å². The molecule has 0 spiro atoms. The number of carbonyl (C=O) groups is 1. The molecule has 2 atom stereocenters. The van der Waals surface area contributed by atoms with Crippen LogP contribution in [0.5, 0.6) is 0 Å². The van der Waals surface area contributed by atoms with Gasteiger partial charge in [-0.1, -0.05) is 24.6 Å². The number of benzene rings is 1. The fraction of sp³-hybridized carbons (Fsp3) is 0.650. The lowest BCUT2D eigenvalue weighted by Gasteiger charge is -2.33. The van der Waals surface area contributed by atoms with Gasteiger partial charge in [0.15, 0.2) is 0 Å². The Labute approximate surface area is 150 Å². The molecule has 2 aliphatic heterocycles. The van der Waals surface area contributed by atoms with E-state index in [1.54, 1.807) is 12.1 Å². The third kappa shape index (κ3) is 4.79. The highest BCUT2D eigenvalue weighted by Crippen LogP contribution is 2.21. The zero-order valence-electron chi connectivity index (χ0n) is 15.2. The molecule has 2 saturated heterocycles. The topological polar surface area (TPSA) is 35.6 Å². The molecule has 2 aliphatic rings. The normalized spacial score (nSPS) is 23.5. The van der Waals surface area contributed by atoms with Crippen LogP contribution in [0.4, 0.5) is 4.39 Å². The highest BCUT2D eigenvalue weighted by Gasteiger charge is 2.31. The lowest BCUT2D eigenvalue weighted by atomic mass is 10.1. The highest BCUT2D eigenvalue weighted by molar-refractivity contribution is 5.82. The molecule has 0 radical (unpaired) electrons. The molecule has 0 aromatic heterocycles. The van der Waals surface area contributed by atoms with Gasteiger partial charge in [-0.2, -0.15) is 0 Å². The van der Waals surface area contributed by atoms with Crippen LogP contribution in [0.2, 0.25) is 0 Å². The van der Waals surface area contributed by atoms with E-state index in [-0.39, 0.29) is 17.8 Å². The number of hydrogen-bond donors (Lipinski definition) is 1. The predicted octanol–water partition coefficient (Wildman–Crippen LogP) is 2.78. The molecule has 0 bridgehead atoms. The number of amides is 1. The van der Waals surface area contributed by atoms with E-state index in [4.69, 9.17) is 0 Å². The molecule has 0 aliphatic carbocycles. The summed E-state index contributed by atoms with van der Waals surface area (Å²) in [6.07, 6.45) is 5.70. The first-order valence-corrected chi connectivity index (χ1v) is 9.64. The molecule has 4 nitrogen and oxygen atoms in total. The molecular weight excluding hydrogens is 317 g/mol. The lowest BCUT2D eigenvalue weighted by molar-refractivity contribution is -0.125. The van der Waals surface area contributed by atoms with E-state index < -0.39 is 0 Å². The lowest BCUT2D eigenvalue weighted by Crippen LogP contribution is -2.48. The summed E-state index contributed by atoms with van der Waals surface area (Å²) in [5, 5.41) is 3.14. The van der Waals surface area contributed by atoms with E-state index in [2.05, 4.69) is 22.0 Å². The van der Waals surface area contributed by atoms with Crippen LogP contribution >= 0.6 is 0 Å². The Morgan fingerprint density at radius 3 is 2.72 bits per heavy atom. The standard InChI is InChI=1S/C20H30FN3O/c1-16(23-11-5-2-6-12-23)14-22-20(25)19-10-7-13-24(19)15-17-8-3-4-9-18(17)21/h3-4,8-9,16,19H,2,5-7,10-15H2,1H3,(H,22,25). The van der Waals surface area contributed by atoms with Gasteiger partial charge in [0.25, 0.3) is 0 Å². The van der Waals surface area contributed by atoms with Crippen molar-refractivity contribution in [2.75, 3.05) is 26.2 Å². The van der Waals surface area contributed by atoms with Crippen LogP contribution in [0, 0.1) is 5.82 Å². The number of rotatable bonds is 6. The van der Waals surface area contributed by atoms with E-state index in [0.29, 0.717) is 24.7 Å². The Kier molecular flexibility index (Phi) is 6.43.